The minimum Gasteiger partial charge on any atom is -0.457 e. The largest absolute Gasteiger partial charge is 0.457 e. The van der Waals surface area contributed by atoms with E-state index in [0.717, 1.165) is 61.4 Å². The molecule has 0 saturated heterocycles. The summed E-state index contributed by atoms with van der Waals surface area (Å²) in [5.41, 5.74) is 6.05. The lowest BCUT2D eigenvalue weighted by atomic mass is 9.63. The van der Waals surface area contributed by atoms with Crippen molar-refractivity contribution in [3.8, 4) is 57.2 Å². The molecule has 0 saturated carbocycles. The van der Waals surface area contributed by atoms with Crippen LogP contribution in [0, 0.1) is 0 Å². The first kappa shape index (κ1) is 37.6. The third-order valence-corrected chi connectivity index (χ3v) is 17.6. The minimum absolute atomic E-state index is 0.499. The molecule has 0 unspecified atom stereocenters. The number of nitrogens with zero attached hydrogens (tertiary/aromatic N) is 3. The van der Waals surface area contributed by atoms with Crippen LogP contribution in [-0.2, 0) is 5.41 Å². The molecule has 3 heterocycles. The first-order chi connectivity index (χ1) is 31.7. The third kappa shape index (κ3) is 5.73. The highest BCUT2D eigenvalue weighted by Gasteiger charge is 2.49. The monoisotopic (exact) mass is 837 g/mol. The summed E-state index contributed by atoms with van der Waals surface area (Å²) in [6, 6.07) is 83.1. The predicted octanol–water partition coefficient (Wildman–Crippen LogP) is 10.8. The van der Waals surface area contributed by atoms with E-state index in [0.29, 0.717) is 23.2 Å². The fourth-order valence-corrected chi connectivity index (χ4v) is 15.1. The summed E-state index contributed by atoms with van der Waals surface area (Å²) in [4.78, 5) is 16.0. The quantitative estimate of drug-likeness (QED) is 0.150. The van der Waals surface area contributed by atoms with Crippen LogP contribution in [0.5, 0.6) is 23.0 Å². The van der Waals surface area contributed by atoms with Gasteiger partial charge < -0.3 is 9.47 Å². The molecule has 0 bridgehead atoms. The highest BCUT2D eigenvalue weighted by Crippen LogP contribution is 2.57. The van der Waals surface area contributed by atoms with Crippen molar-refractivity contribution in [2.45, 2.75) is 5.41 Å². The van der Waals surface area contributed by atoms with Gasteiger partial charge >= 0.3 is 0 Å². The number of fused-ring (bicyclic) bond motifs is 4. The maximum Gasteiger partial charge on any atom is 0.188 e. The average Bonchev–Trinajstić information content (AvgIpc) is 3.38. The van der Waals surface area contributed by atoms with Crippen LogP contribution in [0.1, 0.15) is 22.3 Å². The Hall–Kier alpha value is -8.19. The highest BCUT2D eigenvalue weighted by atomic mass is 28.3. The van der Waals surface area contributed by atoms with Crippen LogP contribution < -0.4 is 30.2 Å². The summed E-state index contributed by atoms with van der Waals surface area (Å²) in [6.07, 6.45) is 0. The van der Waals surface area contributed by atoms with Gasteiger partial charge in [-0.2, -0.15) is 0 Å². The smallest absolute Gasteiger partial charge is 0.188 e. The summed E-state index contributed by atoms with van der Waals surface area (Å²) in [5, 5.41) is 4.87. The van der Waals surface area contributed by atoms with Gasteiger partial charge in [0.05, 0.1) is 16.5 Å². The second-order valence-electron chi connectivity index (χ2n) is 16.2. The maximum absolute atomic E-state index is 7.12. The predicted molar refractivity (Wildman–Crippen MR) is 258 cm³/mol. The van der Waals surface area contributed by atoms with E-state index in [-0.39, 0.29) is 0 Å². The van der Waals surface area contributed by atoms with Crippen molar-refractivity contribution < 1.29 is 9.47 Å². The Morgan fingerprint density at radius 3 is 1.39 bits per heavy atom. The Kier molecular flexibility index (Phi) is 8.98. The minimum atomic E-state index is -2.95. The van der Waals surface area contributed by atoms with Gasteiger partial charge in [0.2, 0.25) is 0 Å². The van der Waals surface area contributed by atoms with E-state index < -0.39 is 13.5 Å². The van der Waals surface area contributed by atoms with Gasteiger partial charge in [-0.15, -0.1) is 0 Å². The van der Waals surface area contributed by atoms with Gasteiger partial charge in [0.1, 0.15) is 23.0 Å². The topological polar surface area (TPSA) is 57.1 Å². The molecule has 9 aromatic carbocycles. The highest BCUT2D eigenvalue weighted by molar-refractivity contribution is 7.20. The molecule has 302 valence electrons. The number of benzene rings is 9. The van der Waals surface area contributed by atoms with Crippen LogP contribution in [0.15, 0.2) is 237 Å². The second-order valence-corrected chi connectivity index (χ2v) is 19.9. The molecule has 0 radical (unpaired) electrons. The van der Waals surface area contributed by atoms with E-state index in [2.05, 4.69) is 200 Å². The second kappa shape index (κ2) is 15.3. The standard InChI is InChI=1S/C58H39N3O2Si/c1-6-22-40(23-7-1)55-59-56(45-32-20-35-48-53(45)62-49-36-17-16-34-47(49)58(48,41-24-8-2-9-25-41)42-26-10-3-11-27-42)61-57(60-55)46-33-21-39-52-54(46)63-50-37-18-19-38-51(50)64(52,43-28-12-4-13-29-43)44-30-14-5-15-31-44/h1-39H. The molecule has 1 aromatic heterocycles. The fourth-order valence-electron chi connectivity index (χ4n) is 10.1. The van der Waals surface area contributed by atoms with Crippen molar-refractivity contribution in [3.05, 3.63) is 259 Å². The summed E-state index contributed by atoms with van der Waals surface area (Å²) >= 11 is 0. The van der Waals surface area contributed by atoms with Crippen molar-refractivity contribution in [2.75, 3.05) is 0 Å². The average molecular weight is 838 g/mol. The molecule has 0 spiro atoms. The summed E-state index contributed by atoms with van der Waals surface area (Å²) in [6.45, 7) is 0. The van der Waals surface area contributed by atoms with Crippen LogP contribution in [0.25, 0.3) is 34.2 Å². The molecule has 64 heavy (non-hydrogen) atoms. The lowest BCUT2D eigenvalue weighted by Gasteiger charge is -2.42. The van der Waals surface area contributed by atoms with Crippen molar-refractivity contribution >= 4 is 28.8 Å². The number of hydrogen-bond acceptors (Lipinski definition) is 5. The van der Waals surface area contributed by atoms with Gasteiger partial charge in [-0.1, -0.05) is 212 Å². The fraction of sp³-hybridized carbons (Fsp3) is 0.0172. The molecule has 0 amide bonds. The number of aromatic nitrogens is 3. The Labute approximate surface area is 373 Å². The van der Waals surface area contributed by atoms with Gasteiger partial charge in [0.25, 0.3) is 0 Å². The molecule has 10 aromatic rings. The van der Waals surface area contributed by atoms with E-state index in [9.17, 15) is 0 Å². The zero-order chi connectivity index (χ0) is 42.5. The zero-order valence-corrected chi connectivity index (χ0v) is 35.7. The molecule has 0 N–H and O–H groups in total. The summed E-state index contributed by atoms with van der Waals surface area (Å²) in [7, 11) is -2.95. The molecule has 2 aliphatic rings. The van der Waals surface area contributed by atoms with E-state index in [1.54, 1.807) is 0 Å². The Morgan fingerprint density at radius 2 is 0.766 bits per heavy atom. The maximum atomic E-state index is 7.12. The summed E-state index contributed by atoms with van der Waals surface area (Å²) in [5.74, 6) is 4.62. The first-order valence-electron chi connectivity index (χ1n) is 21.6. The Morgan fingerprint density at radius 1 is 0.328 bits per heavy atom. The number of ether oxygens (including phenoxy) is 2. The van der Waals surface area contributed by atoms with Gasteiger partial charge in [-0.3, -0.25) is 0 Å². The van der Waals surface area contributed by atoms with E-state index in [1.165, 1.54) is 15.6 Å². The molecule has 6 heteroatoms. The van der Waals surface area contributed by atoms with Crippen LogP contribution >= 0.6 is 0 Å². The normalized spacial score (nSPS) is 13.8. The van der Waals surface area contributed by atoms with Gasteiger partial charge in [-0.05, 0) is 56.1 Å². The van der Waals surface area contributed by atoms with Crippen LogP contribution in [-0.4, -0.2) is 23.0 Å². The molecule has 5 nitrogen and oxygen atoms in total. The Balaban J connectivity index is 1.13. The zero-order valence-electron chi connectivity index (χ0n) is 34.7. The number of rotatable bonds is 7. The van der Waals surface area contributed by atoms with Crippen molar-refractivity contribution in [1.29, 1.82) is 0 Å². The van der Waals surface area contributed by atoms with Crippen molar-refractivity contribution in [1.82, 2.24) is 15.0 Å². The van der Waals surface area contributed by atoms with Gasteiger partial charge in [0.15, 0.2) is 25.5 Å². The van der Waals surface area contributed by atoms with E-state index in [4.69, 9.17) is 24.4 Å². The molecule has 0 fully saturated rings. The van der Waals surface area contributed by atoms with Crippen LogP contribution in [0.2, 0.25) is 0 Å². The first-order valence-corrected chi connectivity index (χ1v) is 23.6. The molecule has 0 aliphatic carbocycles. The summed E-state index contributed by atoms with van der Waals surface area (Å²) < 4.78 is 14.2. The SMILES string of the molecule is c1ccc(-c2nc(-c3cccc4c3Oc3ccccc3C4(c3ccccc3)c3ccccc3)nc(-c3cccc4c3Oc3ccccc3[Si]4(c3ccccc3)c3ccccc3)n2)cc1. The van der Waals surface area contributed by atoms with Crippen molar-refractivity contribution in [3.63, 3.8) is 0 Å². The van der Waals surface area contributed by atoms with Gasteiger partial charge in [0, 0.05) is 16.7 Å². The lowest BCUT2D eigenvalue weighted by Crippen LogP contribution is -2.76. The van der Waals surface area contributed by atoms with Crippen LogP contribution in [0.3, 0.4) is 0 Å². The third-order valence-electron chi connectivity index (χ3n) is 12.8. The number of hydrogen-bond donors (Lipinski definition) is 0. The molecular weight excluding hydrogens is 799 g/mol. The lowest BCUT2D eigenvalue weighted by molar-refractivity contribution is 0.436. The van der Waals surface area contributed by atoms with E-state index >= 15 is 0 Å². The van der Waals surface area contributed by atoms with Crippen molar-refractivity contribution in [2.24, 2.45) is 0 Å². The molecule has 12 rings (SSSR count). The molecule has 0 atom stereocenters. The number of para-hydroxylation sites is 4. The molecule has 2 aliphatic heterocycles. The van der Waals surface area contributed by atoms with Gasteiger partial charge in [-0.25, -0.2) is 15.0 Å². The van der Waals surface area contributed by atoms with E-state index in [1.807, 2.05) is 36.4 Å². The van der Waals surface area contributed by atoms with Crippen LogP contribution in [0.4, 0.5) is 0 Å². The molecular formula is C58H39N3O2Si. The Bertz CT molecular complexity index is 3050.